The smallest absolute Gasteiger partial charge is 0.265 e. The van der Waals surface area contributed by atoms with Crippen LogP contribution in [0.1, 0.15) is 23.5 Å². The lowest BCUT2D eigenvalue weighted by atomic mass is 10.3. The highest BCUT2D eigenvalue weighted by Gasteiger charge is 2.17. The minimum Gasteiger partial charge on any atom is -0.383 e. The summed E-state index contributed by atoms with van der Waals surface area (Å²) in [5.41, 5.74) is 5.78. The Bertz CT molecular complexity index is 426. The maximum absolute atomic E-state index is 12.1. The van der Waals surface area contributed by atoms with Crippen LogP contribution < -0.4 is 16.4 Å². The van der Waals surface area contributed by atoms with Gasteiger partial charge in [0.05, 0.1) is 6.61 Å². The second kappa shape index (κ2) is 9.04. The third-order valence-corrected chi connectivity index (χ3v) is 4.56. The second-order valence-corrected chi connectivity index (χ2v) is 6.50. The SMILES string of the molecule is CCSCC(C)NC(=O)c1sc(NCCOC)nc1N. The van der Waals surface area contributed by atoms with E-state index in [1.165, 1.54) is 11.3 Å². The summed E-state index contributed by atoms with van der Waals surface area (Å²) >= 11 is 3.05. The van der Waals surface area contributed by atoms with Crippen molar-refractivity contribution in [2.24, 2.45) is 0 Å². The molecule has 8 heteroatoms. The van der Waals surface area contributed by atoms with Crippen LogP contribution in [0.3, 0.4) is 0 Å². The van der Waals surface area contributed by atoms with E-state index in [-0.39, 0.29) is 17.8 Å². The van der Waals surface area contributed by atoms with Gasteiger partial charge in [-0.1, -0.05) is 18.3 Å². The van der Waals surface area contributed by atoms with E-state index in [1.54, 1.807) is 18.9 Å². The molecule has 1 amide bonds. The molecule has 1 heterocycles. The Morgan fingerprint density at radius 1 is 1.60 bits per heavy atom. The highest BCUT2D eigenvalue weighted by Crippen LogP contribution is 2.24. The largest absolute Gasteiger partial charge is 0.383 e. The van der Waals surface area contributed by atoms with Gasteiger partial charge >= 0.3 is 0 Å². The molecule has 0 fully saturated rings. The number of hydrogen-bond donors (Lipinski definition) is 3. The molecule has 1 rings (SSSR count). The summed E-state index contributed by atoms with van der Waals surface area (Å²) in [6.07, 6.45) is 0. The van der Waals surface area contributed by atoms with Gasteiger partial charge < -0.3 is 21.1 Å². The Hall–Kier alpha value is -0.990. The van der Waals surface area contributed by atoms with Crippen molar-refractivity contribution in [3.05, 3.63) is 4.88 Å². The molecular weight excluding hydrogens is 296 g/mol. The quantitative estimate of drug-likeness (QED) is 0.600. The molecule has 0 radical (unpaired) electrons. The predicted molar refractivity (Wildman–Crippen MR) is 86.8 cm³/mol. The number of thioether (sulfide) groups is 1. The van der Waals surface area contributed by atoms with Crippen molar-refractivity contribution < 1.29 is 9.53 Å². The summed E-state index contributed by atoms with van der Waals surface area (Å²) < 4.78 is 4.94. The molecular formula is C12H22N4O2S2. The molecule has 1 unspecified atom stereocenters. The maximum atomic E-state index is 12.1. The topological polar surface area (TPSA) is 89.3 Å². The molecule has 20 heavy (non-hydrogen) atoms. The monoisotopic (exact) mass is 318 g/mol. The summed E-state index contributed by atoms with van der Waals surface area (Å²) in [7, 11) is 1.63. The van der Waals surface area contributed by atoms with Crippen molar-refractivity contribution in [2.75, 3.05) is 42.8 Å². The lowest BCUT2D eigenvalue weighted by Crippen LogP contribution is -2.34. The van der Waals surface area contributed by atoms with Gasteiger partial charge in [-0.05, 0) is 12.7 Å². The highest BCUT2D eigenvalue weighted by molar-refractivity contribution is 7.99. The third-order valence-electron chi connectivity index (χ3n) is 2.39. The van der Waals surface area contributed by atoms with Gasteiger partial charge in [-0.15, -0.1) is 0 Å². The number of carbonyl (C=O) groups excluding carboxylic acids is 1. The Morgan fingerprint density at radius 2 is 2.35 bits per heavy atom. The summed E-state index contributed by atoms with van der Waals surface area (Å²) in [6.45, 7) is 5.29. The number of methoxy groups -OCH3 is 1. The van der Waals surface area contributed by atoms with Crippen molar-refractivity contribution in [2.45, 2.75) is 19.9 Å². The van der Waals surface area contributed by atoms with E-state index in [0.29, 0.717) is 23.2 Å². The Balaban J connectivity index is 2.54. The fraction of sp³-hybridized carbons (Fsp3) is 0.667. The Morgan fingerprint density at radius 3 is 3.00 bits per heavy atom. The van der Waals surface area contributed by atoms with Crippen molar-refractivity contribution in [3.8, 4) is 0 Å². The minimum absolute atomic E-state index is 0.110. The van der Waals surface area contributed by atoms with E-state index in [4.69, 9.17) is 10.5 Å². The van der Waals surface area contributed by atoms with Gasteiger partial charge in [-0.2, -0.15) is 11.8 Å². The molecule has 4 N–H and O–H groups in total. The van der Waals surface area contributed by atoms with Crippen LogP contribution in [0.5, 0.6) is 0 Å². The number of thiazole rings is 1. The molecule has 0 spiro atoms. The number of rotatable bonds is 9. The van der Waals surface area contributed by atoms with E-state index < -0.39 is 0 Å². The molecule has 1 aromatic heterocycles. The Labute approximate surface area is 127 Å². The molecule has 0 saturated carbocycles. The van der Waals surface area contributed by atoms with Gasteiger partial charge in [0.15, 0.2) is 5.13 Å². The highest BCUT2D eigenvalue weighted by atomic mass is 32.2. The zero-order valence-electron chi connectivity index (χ0n) is 12.1. The van der Waals surface area contributed by atoms with Crippen molar-refractivity contribution >= 4 is 40.0 Å². The number of aromatic nitrogens is 1. The van der Waals surface area contributed by atoms with Crippen LogP contribution >= 0.6 is 23.1 Å². The molecule has 0 bridgehead atoms. The van der Waals surface area contributed by atoms with E-state index in [2.05, 4.69) is 22.5 Å². The second-order valence-electron chi connectivity index (χ2n) is 4.19. The molecule has 0 aliphatic heterocycles. The molecule has 1 atom stereocenters. The number of amides is 1. The van der Waals surface area contributed by atoms with Gasteiger partial charge in [0.1, 0.15) is 10.7 Å². The molecule has 0 aliphatic carbocycles. The molecule has 0 aliphatic rings. The van der Waals surface area contributed by atoms with Crippen LogP contribution in [0.25, 0.3) is 0 Å². The first-order chi connectivity index (χ1) is 9.58. The van der Waals surface area contributed by atoms with Crippen LogP contribution in [0.4, 0.5) is 10.9 Å². The zero-order valence-corrected chi connectivity index (χ0v) is 13.7. The summed E-state index contributed by atoms with van der Waals surface area (Å²) in [6, 6.07) is 0.110. The van der Waals surface area contributed by atoms with Crippen LogP contribution in [-0.2, 0) is 4.74 Å². The number of nitrogen functional groups attached to an aromatic ring is 1. The number of nitrogens with zero attached hydrogens (tertiary/aromatic N) is 1. The van der Waals surface area contributed by atoms with Gasteiger partial charge in [-0.3, -0.25) is 4.79 Å². The zero-order chi connectivity index (χ0) is 15.0. The molecule has 0 saturated heterocycles. The number of carbonyl (C=O) groups is 1. The van der Waals surface area contributed by atoms with Gasteiger partial charge in [-0.25, -0.2) is 4.98 Å². The van der Waals surface area contributed by atoms with E-state index in [1.807, 2.05) is 6.92 Å². The average Bonchev–Trinajstić information content (AvgIpc) is 2.78. The van der Waals surface area contributed by atoms with Crippen LogP contribution in [-0.4, -0.2) is 48.7 Å². The molecule has 114 valence electrons. The van der Waals surface area contributed by atoms with Crippen molar-refractivity contribution in [3.63, 3.8) is 0 Å². The fourth-order valence-corrected chi connectivity index (χ4v) is 2.94. The van der Waals surface area contributed by atoms with E-state index in [0.717, 1.165) is 11.5 Å². The lowest BCUT2D eigenvalue weighted by molar-refractivity contribution is 0.0948. The number of hydrogen-bond acceptors (Lipinski definition) is 7. The average molecular weight is 318 g/mol. The van der Waals surface area contributed by atoms with Gasteiger partial charge in [0.25, 0.3) is 5.91 Å². The maximum Gasteiger partial charge on any atom is 0.265 e. The minimum atomic E-state index is -0.163. The first kappa shape index (κ1) is 17.1. The summed E-state index contributed by atoms with van der Waals surface area (Å²) in [5, 5.41) is 6.64. The van der Waals surface area contributed by atoms with Crippen molar-refractivity contribution in [1.82, 2.24) is 10.3 Å². The normalized spacial score (nSPS) is 12.2. The summed E-state index contributed by atoms with van der Waals surface area (Å²) in [5.74, 6) is 2.03. The number of anilines is 2. The van der Waals surface area contributed by atoms with Gasteiger partial charge in [0.2, 0.25) is 0 Å². The van der Waals surface area contributed by atoms with Crippen LogP contribution in [0, 0.1) is 0 Å². The standard InChI is InChI=1S/C12H22N4O2S2/c1-4-19-7-8(2)15-11(17)9-10(13)16-12(20-9)14-5-6-18-3/h8H,4-7,13H2,1-3H3,(H,14,16)(H,15,17). The first-order valence-electron chi connectivity index (χ1n) is 6.46. The molecule has 1 aromatic rings. The van der Waals surface area contributed by atoms with E-state index in [9.17, 15) is 4.79 Å². The van der Waals surface area contributed by atoms with E-state index >= 15 is 0 Å². The lowest BCUT2D eigenvalue weighted by Gasteiger charge is -2.12. The van der Waals surface area contributed by atoms with Crippen LogP contribution in [0.15, 0.2) is 0 Å². The number of nitrogens with one attached hydrogen (secondary N) is 2. The van der Waals surface area contributed by atoms with Gasteiger partial charge in [0, 0.05) is 25.4 Å². The van der Waals surface area contributed by atoms with Crippen LogP contribution in [0.2, 0.25) is 0 Å². The summed E-state index contributed by atoms with van der Waals surface area (Å²) in [4.78, 5) is 16.7. The first-order valence-corrected chi connectivity index (χ1v) is 8.43. The third kappa shape index (κ3) is 5.56. The Kier molecular flexibility index (Phi) is 7.71. The van der Waals surface area contributed by atoms with Crippen molar-refractivity contribution in [1.29, 1.82) is 0 Å². The number of ether oxygens (including phenoxy) is 1. The predicted octanol–water partition coefficient (Wildman–Crippen LogP) is 1.66. The molecule has 6 nitrogen and oxygen atoms in total. The molecule has 0 aromatic carbocycles. The number of nitrogens with two attached hydrogens (primary N) is 1. The fourth-order valence-electron chi connectivity index (χ4n) is 1.46.